The molecule has 4 nitrogen and oxygen atoms in total. The van der Waals surface area contributed by atoms with Crippen molar-refractivity contribution in [1.29, 1.82) is 0 Å². The summed E-state index contributed by atoms with van der Waals surface area (Å²) < 4.78 is 8.10. The second kappa shape index (κ2) is 7.60. The van der Waals surface area contributed by atoms with E-state index in [-0.39, 0.29) is 11.3 Å². The molecule has 0 fully saturated rings. The molecular weight excluding hydrogens is 404 g/mol. The third-order valence-electron chi connectivity index (χ3n) is 4.05. The Balaban J connectivity index is 1.95. The molecule has 0 radical (unpaired) electrons. The van der Waals surface area contributed by atoms with Crippen molar-refractivity contribution in [3.05, 3.63) is 106 Å². The van der Waals surface area contributed by atoms with Crippen LogP contribution in [-0.2, 0) is 0 Å². The van der Waals surface area contributed by atoms with E-state index >= 15 is 0 Å². The molecule has 0 unspecified atom stereocenters. The molecule has 0 spiro atoms. The van der Waals surface area contributed by atoms with E-state index in [1.807, 2.05) is 78.9 Å². The first-order valence-corrected chi connectivity index (χ1v) is 9.18. The van der Waals surface area contributed by atoms with Crippen molar-refractivity contribution in [1.82, 2.24) is 9.55 Å². The van der Waals surface area contributed by atoms with E-state index in [2.05, 4.69) is 20.9 Å². The number of hydrogen-bond donors (Lipinski definition) is 0. The number of rotatable bonds is 4. The minimum absolute atomic E-state index is 0.216. The van der Waals surface area contributed by atoms with Crippen molar-refractivity contribution in [3.63, 3.8) is 0 Å². The Kier molecular flexibility index (Phi) is 4.85. The third kappa shape index (κ3) is 3.55. The average Bonchev–Trinajstić information content (AvgIpc) is 2.73. The van der Waals surface area contributed by atoms with Gasteiger partial charge in [0.25, 0.3) is 5.56 Å². The molecule has 2 heterocycles. The molecule has 0 N–H and O–H groups in total. The minimum Gasteiger partial charge on any atom is -0.450 e. The minimum atomic E-state index is -0.253. The molecule has 0 bridgehead atoms. The fraction of sp³-hybridized carbons (Fsp3) is 0. The van der Waals surface area contributed by atoms with Gasteiger partial charge in [-0.05, 0) is 52.3 Å². The molecule has 0 saturated carbocycles. The van der Waals surface area contributed by atoms with E-state index in [1.54, 1.807) is 17.0 Å². The van der Waals surface area contributed by atoms with Gasteiger partial charge in [0.2, 0.25) is 5.75 Å². The van der Waals surface area contributed by atoms with Crippen LogP contribution in [0, 0.1) is 0 Å². The lowest BCUT2D eigenvalue weighted by Gasteiger charge is -2.15. The maximum Gasteiger partial charge on any atom is 0.299 e. The van der Waals surface area contributed by atoms with Gasteiger partial charge in [-0.15, -0.1) is 0 Å². The quantitative estimate of drug-likeness (QED) is 0.442. The maximum absolute atomic E-state index is 13.2. The van der Waals surface area contributed by atoms with Crippen LogP contribution in [0.15, 0.2) is 101 Å². The summed E-state index contributed by atoms with van der Waals surface area (Å²) in [5.41, 5.74) is 2.01. The lowest BCUT2D eigenvalue weighted by molar-refractivity contribution is 0.469. The van der Waals surface area contributed by atoms with E-state index in [9.17, 15) is 4.79 Å². The molecule has 0 saturated heterocycles. The van der Waals surface area contributed by atoms with E-state index in [0.717, 1.165) is 16.9 Å². The lowest BCUT2D eigenvalue weighted by atomic mass is 10.1. The highest BCUT2D eigenvalue weighted by atomic mass is 79.9. The molecule has 0 aliphatic rings. The van der Waals surface area contributed by atoms with Crippen LogP contribution in [0.4, 0.5) is 0 Å². The fourth-order valence-corrected chi connectivity index (χ4v) is 3.30. The standard InChI is InChI=1S/C22H15BrN2O2/c23-20-18(19-13-7-8-14-24-19)15-25(16-9-3-1-4-10-16)22(26)21(20)27-17-11-5-2-6-12-17/h1-15H. The van der Waals surface area contributed by atoms with E-state index in [0.29, 0.717) is 10.2 Å². The normalized spacial score (nSPS) is 10.6. The maximum atomic E-state index is 13.2. The van der Waals surface area contributed by atoms with E-state index in [1.165, 1.54) is 0 Å². The molecule has 0 aliphatic carbocycles. The largest absolute Gasteiger partial charge is 0.450 e. The van der Waals surface area contributed by atoms with Crippen LogP contribution >= 0.6 is 15.9 Å². The van der Waals surface area contributed by atoms with Crippen LogP contribution in [0.25, 0.3) is 16.9 Å². The smallest absolute Gasteiger partial charge is 0.299 e. The predicted molar refractivity (Wildman–Crippen MR) is 109 cm³/mol. The van der Waals surface area contributed by atoms with Crippen LogP contribution in [0.3, 0.4) is 0 Å². The molecular formula is C22H15BrN2O2. The van der Waals surface area contributed by atoms with Crippen molar-refractivity contribution in [2.24, 2.45) is 0 Å². The molecule has 4 rings (SSSR count). The second-order valence-electron chi connectivity index (χ2n) is 5.83. The summed E-state index contributed by atoms with van der Waals surface area (Å²) in [4.78, 5) is 17.6. The second-order valence-corrected chi connectivity index (χ2v) is 6.62. The molecule has 0 aliphatic heterocycles. The molecule has 2 aromatic heterocycles. The molecule has 132 valence electrons. The van der Waals surface area contributed by atoms with Crippen LogP contribution in [0.5, 0.6) is 11.5 Å². The summed E-state index contributed by atoms with van der Waals surface area (Å²) in [7, 11) is 0. The van der Waals surface area contributed by atoms with Gasteiger partial charge < -0.3 is 4.74 Å². The number of nitrogens with zero attached hydrogens (tertiary/aromatic N) is 2. The van der Waals surface area contributed by atoms with Gasteiger partial charge in [0.1, 0.15) is 5.75 Å². The highest BCUT2D eigenvalue weighted by molar-refractivity contribution is 9.10. The van der Waals surface area contributed by atoms with Gasteiger partial charge in [0, 0.05) is 23.6 Å². The van der Waals surface area contributed by atoms with Gasteiger partial charge in [0.05, 0.1) is 10.2 Å². The van der Waals surface area contributed by atoms with Gasteiger partial charge in [-0.3, -0.25) is 14.3 Å². The Bertz CT molecular complexity index is 1110. The Labute approximate surface area is 164 Å². The number of hydrogen-bond acceptors (Lipinski definition) is 3. The number of ether oxygens (including phenoxy) is 1. The van der Waals surface area contributed by atoms with Crippen molar-refractivity contribution in [2.75, 3.05) is 0 Å². The third-order valence-corrected chi connectivity index (χ3v) is 4.83. The Morgan fingerprint density at radius 2 is 1.52 bits per heavy atom. The van der Waals surface area contributed by atoms with Crippen LogP contribution < -0.4 is 10.3 Å². The number of halogens is 1. The van der Waals surface area contributed by atoms with Gasteiger partial charge in [-0.1, -0.05) is 42.5 Å². The van der Waals surface area contributed by atoms with Gasteiger partial charge in [0.15, 0.2) is 0 Å². The van der Waals surface area contributed by atoms with Crippen LogP contribution in [-0.4, -0.2) is 9.55 Å². The lowest BCUT2D eigenvalue weighted by Crippen LogP contribution is -2.20. The number of benzene rings is 2. The summed E-state index contributed by atoms with van der Waals surface area (Å²) >= 11 is 3.55. The highest BCUT2D eigenvalue weighted by Gasteiger charge is 2.18. The fourth-order valence-electron chi connectivity index (χ4n) is 2.75. The average molecular weight is 419 g/mol. The van der Waals surface area contributed by atoms with Crippen molar-refractivity contribution in [3.8, 4) is 28.4 Å². The van der Waals surface area contributed by atoms with Crippen molar-refractivity contribution >= 4 is 15.9 Å². The van der Waals surface area contributed by atoms with Gasteiger partial charge in [-0.25, -0.2) is 0 Å². The number of aromatic nitrogens is 2. The number of pyridine rings is 2. The first kappa shape index (κ1) is 17.2. The van der Waals surface area contributed by atoms with Crippen molar-refractivity contribution in [2.45, 2.75) is 0 Å². The molecule has 0 atom stereocenters. The molecule has 2 aromatic carbocycles. The van der Waals surface area contributed by atoms with E-state index < -0.39 is 0 Å². The summed E-state index contributed by atoms with van der Waals surface area (Å²) in [5.74, 6) is 0.807. The van der Waals surface area contributed by atoms with Gasteiger partial charge >= 0.3 is 0 Å². The first-order valence-electron chi connectivity index (χ1n) is 8.39. The highest BCUT2D eigenvalue weighted by Crippen LogP contribution is 2.35. The predicted octanol–water partition coefficient (Wildman–Crippen LogP) is 5.45. The number of para-hydroxylation sites is 2. The zero-order valence-electron chi connectivity index (χ0n) is 14.2. The topological polar surface area (TPSA) is 44.1 Å². The Morgan fingerprint density at radius 3 is 2.19 bits per heavy atom. The Hall–Kier alpha value is -3.18. The Morgan fingerprint density at radius 1 is 0.852 bits per heavy atom. The van der Waals surface area contributed by atoms with Gasteiger partial charge in [-0.2, -0.15) is 0 Å². The first-order chi connectivity index (χ1) is 13.2. The summed E-state index contributed by atoms with van der Waals surface area (Å²) in [5, 5.41) is 0. The molecule has 4 aromatic rings. The van der Waals surface area contributed by atoms with E-state index in [4.69, 9.17) is 4.74 Å². The summed E-state index contributed by atoms with van der Waals surface area (Å²) in [6.07, 6.45) is 3.50. The zero-order valence-corrected chi connectivity index (χ0v) is 15.8. The zero-order chi connectivity index (χ0) is 18.6. The SMILES string of the molecule is O=c1c(Oc2ccccc2)c(Br)c(-c2ccccn2)cn1-c1ccccc1. The van der Waals surface area contributed by atoms with Crippen molar-refractivity contribution < 1.29 is 4.74 Å². The monoisotopic (exact) mass is 418 g/mol. The molecule has 5 heteroatoms. The van der Waals surface area contributed by atoms with Crippen LogP contribution in [0.2, 0.25) is 0 Å². The summed E-state index contributed by atoms with van der Waals surface area (Å²) in [6, 6.07) is 24.4. The molecule has 27 heavy (non-hydrogen) atoms. The van der Waals surface area contributed by atoms with Crippen LogP contribution in [0.1, 0.15) is 0 Å². The summed E-state index contributed by atoms with van der Waals surface area (Å²) in [6.45, 7) is 0. The molecule has 0 amide bonds.